The number of hydrogen-bond acceptors (Lipinski definition) is 5. The van der Waals surface area contributed by atoms with Gasteiger partial charge in [-0.05, 0) is 26.0 Å². The Balaban J connectivity index is 2.77. The molecule has 0 atom stereocenters. The molecule has 0 saturated carbocycles. The second-order valence-electron chi connectivity index (χ2n) is 5.30. The van der Waals surface area contributed by atoms with Crippen LogP contribution in [0.4, 0.5) is 5.69 Å². The molecule has 0 unspecified atom stereocenters. The molecule has 0 aliphatic heterocycles. The zero-order valence-corrected chi connectivity index (χ0v) is 14.5. The molecule has 0 heterocycles. The molecule has 23 heavy (non-hydrogen) atoms. The number of benzene rings is 1. The molecule has 0 spiro atoms. The van der Waals surface area contributed by atoms with Gasteiger partial charge in [0.15, 0.2) is 0 Å². The van der Waals surface area contributed by atoms with Gasteiger partial charge in [0.2, 0.25) is 15.9 Å². The molecular formula is C15H22N2O5S. The Bertz CT molecular complexity index is 670. The first-order valence-electron chi connectivity index (χ1n) is 7.10. The number of nitrogens with one attached hydrogen (secondary N) is 1. The van der Waals surface area contributed by atoms with Crippen molar-refractivity contribution in [1.29, 1.82) is 0 Å². The van der Waals surface area contributed by atoms with E-state index in [0.717, 1.165) is 6.26 Å². The maximum Gasteiger partial charge on any atom is 0.339 e. The molecular weight excluding hydrogens is 320 g/mol. The highest BCUT2D eigenvalue weighted by Crippen LogP contribution is 2.16. The number of carbonyl (C=O) groups excluding carboxylic acids is 2. The van der Waals surface area contributed by atoms with E-state index in [1.54, 1.807) is 38.1 Å². The Morgan fingerprint density at radius 2 is 1.87 bits per heavy atom. The first kappa shape index (κ1) is 19.1. The summed E-state index contributed by atoms with van der Waals surface area (Å²) in [4.78, 5) is 23.7. The second kappa shape index (κ2) is 8.07. The number of ether oxygens (including phenoxy) is 1. The van der Waals surface area contributed by atoms with Gasteiger partial charge in [0, 0.05) is 19.0 Å². The Morgan fingerprint density at radius 3 is 2.39 bits per heavy atom. The fraction of sp³-hybridized carbons (Fsp3) is 0.467. The van der Waals surface area contributed by atoms with Crippen molar-refractivity contribution in [2.24, 2.45) is 0 Å². The Hall–Kier alpha value is -1.93. The molecule has 0 bridgehead atoms. The van der Waals surface area contributed by atoms with Crippen LogP contribution in [0.5, 0.6) is 0 Å². The molecule has 1 N–H and O–H groups in total. The summed E-state index contributed by atoms with van der Waals surface area (Å²) in [5.41, 5.74) is 0.576. The summed E-state index contributed by atoms with van der Waals surface area (Å²) < 4.78 is 29.2. The van der Waals surface area contributed by atoms with E-state index in [-0.39, 0.29) is 30.5 Å². The number of carbonyl (C=O) groups is 2. The van der Waals surface area contributed by atoms with Crippen molar-refractivity contribution in [3.8, 4) is 0 Å². The van der Waals surface area contributed by atoms with Crippen molar-refractivity contribution in [3.05, 3.63) is 29.8 Å². The third kappa shape index (κ3) is 5.65. The van der Waals surface area contributed by atoms with Gasteiger partial charge in [0.1, 0.15) is 0 Å². The minimum Gasteiger partial charge on any atom is -0.465 e. The number of rotatable bonds is 7. The van der Waals surface area contributed by atoms with E-state index in [4.69, 9.17) is 0 Å². The molecule has 1 aromatic rings. The van der Waals surface area contributed by atoms with Gasteiger partial charge in [0.05, 0.1) is 24.6 Å². The zero-order valence-electron chi connectivity index (χ0n) is 13.7. The number of anilines is 1. The minimum atomic E-state index is -3.38. The van der Waals surface area contributed by atoms with E-state index in [1.165, 1.54) is 11.4 Å². The molecule has 7 nitrogen and oxygen atoms in total. The van der Waals surface area contributed by atoms with Crippen LogP contribution in [0, 0.1) is 0 Å². The SMILES string of the molecule is COC(=O)c1ccccc1NC(=O)CCN(C(C)C)S(C)(=O)=O. The molecule has 1 amide bonds. The topological polar surface area (TPSA) is 92.8 Å². The van der Waals surface area contributed by atoms with Crippen LogP contribution in [0.15, 0.2) is 24.3 Å². The summed E-state index contributed by atoms with van der Waals surface area (Å²) in [6, 6.07) is 6.23. The van der Waals surface area contributed by atoms with Crippen molar-refractivity contribution >= 4 is 27.6 Å². The van der Waals surface area contributed by atoms with Crippen LogP contribution in [0.2, 0.25) is 0 Å². The summed E-state index contributed by atoms with van der Waals surface area (Å²) in [6.45, 7) is 3.56. The van der Waals surface area contributed by atoms with Crippen LogP contribution in [0.1, 0.15) is 30.6 Å². The van der Waals surface area contributed by atoms with Crippen molar-refractivity contribution in [2.45, 2.75) is 26.3 Å². The van der Waals surface area contributed by atoms with Gasteiger partial charge in [-0.15, -0.1) is 0 Å². The molecule has 0 aliphatic carbocycles. The van der Waals surface area contributed by atoms with Crippen LogP contribution in [-0.2, 0) is 19.6 Å². The number of sulfonamides is 1. The fourth-order valence-corrected chi connectivity index (χ4v) is 3.30. The van der Waals surface area contributed by atoms with Gasteiger partial charge >= 0.3 is 5.97 Å². The fourth-order valence-electron chi connectivity index (χ4n) is 2.11. The van der Waals surface area contributed by atoms with E-state index >= 15 is 0 Å². The van der Waals surface area contributed by atoms with Crippen LogP contribution in [0.25, 0.3) is 0 Å². The lowest BCUT2D eigenvalue weighted by Crippen LogP contribution is -2.38. The highest BCUT2D eigenvalue weighted by molar-refractivity contribution is 7.88. The molecule has 0 aromatic heterocycles. The van der Waals surface area contributed by atoms with Gasteiger partial charge in [-0.25, -0.2) is 13.2 Å². The second-order valence-corrected chi connectivity index (χ2v) is 7.24. The van der Waals surface area contributed by atoms with E-state index < -0.39 is 16.0 Å². The van der Waals surface area contributed by atoms with E-state index in [0.29, 0.717) is 5.69 Å². The van der Waals surface area contributed by atoms with Crippen LogP contribution in [0.3, 0.4) is 0 Å². The lowest BCUT2D eigenvalue weighted by atomic mass is 10.1. The monoisotopic (exact) mass is 342 g/mol. The van der Waals surface area contributed by atoms with Gasteiger partial charge in [-0.3, -0.25) is 4.79 Å². The lowest BCUT2D eigenvalue weighted by molar-refractivity contribution is -0.116. The normalized spacial score (nSPS) is 11.6. The quantitative estimate of drug-likeness (QED) is 0.758. The Kier molecular flexibility index (Phi) is 6.71. The first-order chi connectivity index (χ1) is 10.7. The highest BCUT2D eigenvalue weighted by Gasteiger charge is 2.21. The number of hydrogen-bond donors (Lipinski definition) is 1. The Morgan fingerprint density at radius 1 is 1.26 bits per heavy atom. The third-order valence-corrected chi connectivity index (χ3v) is 4.62. The predicted molar refractivity (Wildman–Crippen MR) is 87.7 cm³/mol. The summed E-state index contributed by atoms with van der Waals surface area (Å²) in [5.74, 6) is -0.934. The standard InChI is InChI=1S/C15H22N2O5S/c1-11(2)17(23(4,20)21)10-9-14(18)16-13-8-6-5-7-12(13)15(19)22-3/h5-8,11H,9-10H2,1-4H3,(H,16,18). The number of para-hydroxylation sites is 1. The van der Waals surface area contributed by atoms with E-state index in [1.807, 2.05) is 0 Å². The molecule has 0 saturated heterocycles. The van der Waals surface area contributed by atoms with E-state index in [9.17, 15) is 18.0 Å². The van der Waals surface area contributed by atoms with E-state index in [2.05, 4.69) is 10.1 Å². The van der Waals surface area contributed by atoms with Crippen LogP contribution < -0.4 is 5.32 Å². The first-order valence-corrected chi connectivity index (χ1v) is 8.95. The average Bonchev–Trinajstić information content (AvgIpc) is 2.45. The van der Waals surface area contributed by atoms with Crippen LogP contribution >= 0.6 is 0 Å². The van der Waals surface area contributed by atoms with Gasteiger partial charge in [0.25, 0.3) is 0 Å². The maximum atomic E-state index is 12.0. The van der Waals surface area contributed by atoms with Crippen LogP contribution in [-0.4, -0.2) is 50.6 Å². The molecule has 8 heteroatoms. The number of esters is 1. The molecule has 0 fully saturated rings. The highest BCUT2D eigenvalue weighted by atomic mass is 32.2. The summed E-state index contributed by atoms with van der Waals surface area (Å²) in [5, 5.41) is 2.61. The number of amides is 1. The van der Waals surface area contributed by atoms with Crippen molar-refractivity contribution in [3.63, 3.8) is 0 Å². The average molecular weight is 342 g/mol. The Labute approximate surface area is 136 Å². The van der Waals surface area contributed by atoms with Crippen molar-refractivity contribution in [2.75, 3.05) is 25.2 Å². The van der Waals surface area contributed by atoms with Gasteiger partial charge < -0.3 is 10.1 Å². The van der Waals surface area contributed by atoms with Gasteiger partial charge in [-0.1, -0.05) is 12.1 Å². The minimum absolute atomic E-state index is 0.0131. The third-order valence-electron chi connectivity index (χ3n) is 3.17. The summed E-state index contributed by atoms with van der Waals surface area (Å²) >= 11 is 0. The largest absolute Gasteiger partial charge is 0.465 e. The lowest BCUT2D eigenvalue weighted by Gasteiger charge is -2.23. The molecule has 128 valence electrons. The molecule has 1 aromatic carbocycles. The number of methoxy groups -OCH3 is 1. The van der Waals surface area contributed by atoms with Crippen molar-refractivity contribution < 1.29 is 22.7 Å². The molecule has 0 aliphatic rings. The zero-order chi connectivity index (χ0) is 17.6. The summed E-state index contributed by atoms with van der Waals surface area (Å²) in [7, 11) is -2.12. The maximum absolute atomic E-state index is 12.0. The summed E-state index contributed by atoms with van der Waals surface area (Å²) in [6.07, 6.45) is 1.10. The molecule has 1 rings (SSSR count). The van der Waals surface area contributed by atoms with Crippen molar-refractivity contribution in [1.82, 2.24) is 4.31 Å². The van der Waals surface area contributed by atoms with Gasteiger partial charge in [-0.2, -0.15) is 4.31 Å². The number of nitrogens with zero attached hydrogens (tertiary/aromatic N) is 1. The molecule has 0 radical (unpaired) electrons. The smallest absolute Gasteiger partial charge is 0.339 e. The predicted octanol–water partition coefficient (Wildman–Crippen LogP) is 1.47.